The molecule has 7 heteroatoms. The smallest absolute Gasteiger partial charge is 0.230 e. The van der Waals surface area contributed by atoms with Crippen molar-refractivity contribution in [2.24, 2.45) is 0 Å². The summed E-state index contributed by atoms with van der Waals surface area (Å²) < 4.78 is 10.7. The molecule has 0 saturated carbocycles. The number of likely N-dealkylation sites (N-methyl/N-ethyl adjacent to an activating group) is 1. The van der Waals surface area contributed by atoms with E-state index in [9.17, 15) is 0 Å². The molecule has 21 heavy (non-hydrogen) atoms. The number of hydrogen-bond donors (Lipinski definition) is 0. The molecule has 114 valence electrons. The molecule has 1 aliphatic heterocycles. The number of aromatic nitrogens is 3. The SMILES string of the molecule is Cc1cc(CN2CC[C@H](N(C)Cc3nnc(C)o3)C2)on1. The van der Waals surface area contributed by atoms with Crippen molar-refractivity contribution in [3.8, 4) is 0 Å². The highest BCUT2D eigenvalue weighted by atomic mass is 16.5. The maximum Gasteiger partial charge on any atom is 0.230 e. The molecule has 1 atom stereocenters. The standard InChI is InChI=1S/C14H21N5O2/c1-10-6-13(21-17-10)8-19-5-4-12(7-19)18(3)9-14-16-15-11(2)20-14/h6,12H,4-5,7-9H2,1-3H3/t12-/m0/s1. The van der Waals surface area contributed by atoms with E-state index >= 15 is 0 Å². The lowest BCUT2D eigenvalue weighted by Crippen LogP contribution is -2.34. The average Bonchev–Trinajstić information content (AvgIpc) is 3.13. The molecule has 2 aromatic heterocycles. The predicted molar refractivity (Wildman–Crippen MR) is 75.4 cm³/mol. The number of nitrogens with zero attached hydrogens (tertiary/aromatic N) is 5. The summed E-state index contributed by atoms with van der Waals surface area (Å²) in [5.41, 5.74) is 0.935. The molecule has 0 aliphatic carbocycles. The van der Waals surface area contributed by atoms with Crippen LogP contribution in [0.1, 0.15) is 29.7 Å². The lowest BCUT2D eigenvalue weighted by atomic mass is 10.2. The summed E-state index contributed by atoms with van der Waals surface area (Å²) >= 11 is 0. The van der Waals surface area contributed by atoms with Crippen LogP contribution in [0.3, 0.4) is 0 Å². The Hall–Kier alpha value is -1.73. The Kier molecular flexibility index (Phi) is 4.03. The molecular weight excluding hydrogens is 270 g/mol. The molecule has 1 aliphatic rings. The summed E-state index contributed by atoms with van der Waals surface area (Å²) in [5, 5.41) is 11.8. The first-order valence-corrected chi connectivity index (χ1v) is 7.24. The molecule has 0 radical (unpaired) electrons. The second-order valence-corrected chi connectivity index (χ2v) is 5.74. The van der Waals surface area contributed by atoms with Gasteiger partial charge in [0.05, 0.1) is 18.8 Å². The van der Waals surface area contributed by atoms with Gasteiger partial charge in [0.2, 0.25) is 11.8 Å². The lowest BCUT2D eigenvalue weighted by Gasteiger charge is -2.22. The first-order chi connectivity index (χ1) is 10.1. The van der Waals surface area contributed by atoms with Crippen molar-refractivity contribution < 1.29 is 8.94 Å². The van der Waals surface area contributed by atoms with Crippen LogP contribution in [0.5, 0.6) is 0 Å². The molecule has 1 fully saturated rings. The van der Waals surface area contributed by atoms with Crippen LogP contribution in [0.15, 0.2) is 15.0 Å². The van der Waals surface area contributed by atoms with E-state index in [0.717, 1.165) is 37.5 Å². The van der Waals surface area contributed by atoms with E-state index in [1.807, 2.05) is 19.9 Å². The highest BCUT2D eigenvalue weighted by molar-refractivity contribution is 5.03. The molecule has 0 N–H and O–H groups in total. The van der Waals surface area contributed by atoms with Gasteiger partial charge in [-0.25, -0.2) is 0 Å². The van der Waals surface area contributed by atoms with Gasteiger partial charge < -0.3 is 8.94 Å². The van der Waals surface area contributed by atoms with Crippen LogP contribution >= 0.6 is 0 Å². The van der Waals surface area contributed by atoms with Crippen LogP contribution in [0.25, 0.3) is 0 Å². The first kappa shape index (κ1) is 14.2. The zero-order valence-electron chi connectivity index (χ0n) is 12.7. The summed E-state index contributed by atoms with van der Waals surface area (Å²) in [6.07, 6.45) is 1.14. The minimum atomic E-state index is 0.501. The molecule has 1 saturated heterocycles. The maximum absolute atomic E-state index is 5.44. The van der Waals surface area contributed by atoms with Gasteiger partial charge in [0, 0.05) is 32.1 Å². The third-order valence-electron chi connectivity index (χ3n) is 3.88. The zero-order valence-corrected chi connectivity index (χ0v) is 12.7. The Bertz CT molecular complexity index is 594. The second kappa shape index (κ2) is 5.95. The van der Waals surface area contributed by atoms with Crippen molar-refractivity contribution in [2.75, 3.05) is 20.1 Å². The average molecular weight is 291 g/mol. The van der Waals surface area contributed by atoms with E-state index < -0.39 is 0 Å². The predicted octanol–water partition coefficient (Wildman–Crippen LogP) is 1.38. The van der Waals surface area contributed by atoms with Gasteiger partial charge in [-0.1, -0.05) is 5.16 Å². The Morgan fingerprint density at radius 1 is 1.38 bits per heavy atom. The van der Waals surface area contributed by atoms with Crippen molar-refractivity contribution in [1.29, 1.82) is 0 Å². The maximum atomic E-state index is 5.44. The fourth-order valence-electron chi connectivity index (χ4n) is 2.77. The first-order valence-electron chi connectivity index (χ1n) is 7.24. The number of rotatable bonds is 5. The van der Waals surface area contributed by atoms with E-state index in [2.05, 4.69) is 32.2 Å². The van der Waals surface area contributed by atoms with E-state index in [0.29, 0.717) is 24.4 Å². The highest BCUT2D eigenvalue weighted by Crippen LogP contribution is 2.19. The van der Waals surface area contributed by atoms with E-state index in [-0.39, 0.29) is 0 Å². The van der Waals surface area contributed by atoms with Gasteiger partial charge >= 0.3 is 0 Å². The number of likely N-dealkylation sites (tertiary alicyclic amines) is 1. The molecule has 3 rings (SSSR count). The van der Waals surface area contributed by atoms with Crippen LogP contribution in [-0.4, -0.2) is 51.3 Å². The summed E-state index contributed by atoms with van der Waals surface area (Å²) in [6, 6.07) is 2.50. The zero-order chi connectivity index (χ0) is 14.8. The van der Waals surface area contributed by atoms with E-state index in [1.165, 1.54) is 0 Å². The second-order valence-electron chi connectivity index (χ2n) is 5.74. The molecule has 0 bridgehead atoms. The van der Waals surface area contributed by atoms with Crippen LogP contribution in [-0.2, 0) is 13.1 Å². The van der Waals surface area contributed by atoms with Crippen molar-refractivity contribution in [1.82, 2.24) is 25.2 Å². The van der Waals surface area contributed by atoms with Gasteiger partial charge in [-0.15, -0.1) is 10.2 Å². The molecule has 2 aromatic rings. The molecule has 0 aromatic carbocycles. The van der Waals surface area contributed by atoms with Gasteiger partial charge in [0.15, 0.2) is 5.76 Å². The van der Waals surface area contributed by atoms with E-state index in [4.69, 9.17) is 8.94 Å². The molecular formula is C14H21N5O2. The molecule has 7 nitrogen and oxygen atoms in total. The third kappa shape index (κ3) is 3.48. The quantitative estimate of drug-likeness (QED) is 0.824. The minimum absolute atomic E-state index is 0.501. The molecule has 0 unspecified atom stereocenters. The summed E-state index contributed by atoms with van der Waals surface area (Å²) in [4.78, 5) is 4.67. The Balaban J connectivity index is 1.51. The Labute approximate surface area is 123 Å². The lowest BCUT2D eigenvalue weighted by molar-refractivity contribution is 0.198. The van der Waals surface area contributed by atoms with E-state index in [1.54, 1.807) is 0 Å². The molecule has 0 amide bonds. The van der Waals surface area contributed by atoms with Crippen LogP contribution in [0.2, 0.25) is 0 Å². The van der Waals surface area contributed by atoms with Gasteiger partial charge in [0.25, 0.3) is 0 Å². The number of aryl methyl sites for hydroxylation is 2. The van der Waals surface area contributed by atoms with Gasteiger partial charge in [-0.2, -0.15) is 0 Å². The topological polar surface area (TPSA) is 71.4 Å². The minimum Gasteiger partial charge on any atom is -0.424 e. The van der Waals surface area contributed by atoms with Gasteiger partial charge in [-0.05, 0) is 20.4 Å². The van der Waals surface area contributed by atoms with Crippen molar-refractivity contribution in [3.05, 3.63) is 29.3 Å². The largest absolute Gasteiger partial charge is 0.424 e. The summed E-state index contributed by atoms with van der Waals surface area (Å²) in [6.45, 7) is 7.36. The van der Waals surface area contributed by atoms with Gasteiger partial charge in [-0.3, -0.25) is 9.80 Å². The number of hydrogen-bond acceptors (Lipinski definition) is 7. The van der Waals surface area contributed by atoms with Crippen LogP contribution < -0.4 is 0 Å². The van der Waals surface area contributed by atoms with Crippen LogP contribution in [0, 0.1) is 13.8 Å². The van der Waals surface area contributed by atoms with Crippen molar-refractivity contribution in [3.63, 3.8) is 0 Å². The van der Waals surface area contributed by atoms with Crippen LogP contribution in [0.4, 0.5) is 0 Å². The Morgan fingerprint density at radius 2 is 2.24 bits per heavy atom. The fourth-order valence-corrected chi connectivity index (χ4v) is 2.77. The fraction of sp³-hybridized carbons (Fsp3) is 0.643. The van der Waals surface area contributed by atoms with Crippen molar-refractivity contribution in [2.45, 2.75) is 39.4 Å². The summed E-state index contributed by atoms with van der Waals surface area (Å²) in [5.74, 6) is 2.23. The van der Waals surface area contributed by atoms with Gasteiger partial charge in [0.1, 0.15) is 0 Å². The Morgan fingerprint density at radius 3 is 2.90 bits per heavy atom. The monoisotopic (exact) mass is 291 g/mol. The van der Waals surface area contributed by atoms with Crippen molar-refractivity contribution >= 4 is 0 Å². The highest BCUT2D eigenvalue weighted by Gasteiger charge is 2.27. The normalized spacial score (nSPS) is 19.7. The molecule has 0 spiro atoms. The summed E-state index contributed by atoms with van der Waals surface area (Å²) in [7, 11) is 2.10. The third-order valence-corrected chi connectivity index (χ3v) is 3.88. The molecule has 3 heterocycles.